The Kier molecular flexibility index (Phi) is 5.70. The number of ketones is 1. The summed E-state index contributed by atoms with van der Waals surface area (Å²) in [5, 5.41) is 10.5. The number of hydrogen-bond acceptors (Lipinski definition) is 6. The topological polar surface area (TPSA) is 72.2 Å². The number of aromatic nitrogens is 1. The second-order valence-electron chi connectivity index (χ2n) is 5.89. The maximum atomic E-state index is 11.6. The number of carbonyl (C=O) groups is 1. The molecule has 26 heavy (non-hydrogen) atoms. The van der Waals surface area contributed by atoms with Crippen LogP contribution >= 0.6 is 23.4 Å². The van der Waals surface area contributed by atoms with Gasteiger partial charge in [0.05, 0.1) is 23.8 Å². The summed E-state index contributed by atoms with van der Waals surface area (Å²) < 4.78 is 11.3. The van der Waals surface area contributed by atoms with Gasteiger partial charge in [-0.05, 0) is 37.6 Å². The predicted molar refractivity (Wildman–Crippen MR) is 100 cm³/mol. The molecule has 0 atom stereocenters. The molecule has 0 amide bonds. The highest BCUT2D eigenvalue weighted by molar-refractivity contribution is 7.98. The summed E-state index contributed by atoms with van der Waals surface area (Å²) in [5.41, 5.74) is 2.44. The van der Waals surface area contributed by atoms with Crippen LogP contribution in [-0.2, 0) is 5.75 Å². The highest BCUT2D eigenvalue weighted by Gasteiger charge is 2.17. The second-order valence-corrected chi connectivity index (χ2v) is 7.26. The average molecular weight is 389 g/mol. The fourth-order valence-electron chi connectivity index (χ4n) is 2.65. The fraction of sp³-hybridized carbons (Fsp3) is 0.316. The Hall–Kier alpha value is -2.23. The number of benzene rings is 1. The zero-order valence-electron chi connectivity index (χ0n) is 14.5. The van der Waals surface area contributed by atoms with E-state index < -0.39 is 0 Å². The molecule has 0 N–H and O–H groups in total. The Morgan fingerprint density at radius 1 is 1.35 bits per heavy atom. The van der Waals surface area contributed by atoms with Gasteiger partial charge in [-0.3, -0.25) is 4.79 Å². The fourth-order valence-corrected chi connectivity index (χ4v) is 3.87. The van der Waals surface area contributed by atoms with Crippen molar-refractivity contribution in [1.82, 2.24) is 4.98 Å². The molecule has 1 aliphatic rings. The van der Waals surface area contributed by atoms with Crippen LogP contribution < -0.4 is 9.47 Å². The molecule has 0 saturated heterocycles. The monoisotopic (exact) mass is 388 g/mol. The number of pyridine rings is 1. The van der Waals surface area contributed by atoms with Crippen LogP contribution in [0.1, 0.15) is 40.5 Å². The van der Waals surface area contributed by atoms with Gasteiger partial charge in [0.25, 0.3) is 0 Å². The van der Waals surface area contributed by atoms with Gasteiger partial charge in [-0.2, -0.15) is 5.26 Å². The molecular weight excluding hydrogens is 372 g/mol. The number of aryl methyl sites for hydroxylation is 1. The summed E-state index contributed by atoms with van der Waals surface area (Å²) in [5.74, 6) is 1.69. The molecule has 0 bridgehead atoms. The number of Topliss-reactive ketones (excluding diaryl/α,β-unsaturated/α-hetero) is 1. The molecule has 0 fully saturated rings. The lowest BCUT2D eigenvalue weighted by Crippen LogP contribution is -2.02. The lowest BCUT2D eigenvalue weighted by atomic mass is 10.1. The number of rotatable bonds is 4. The zero-order chi connectivity index (χ0) is 18.7. The number of nitrogens with zero attached hydrogens (tertiary/aromatic N) is 2. The van der Waals surface area contributed by atoms with Gasteiger partial charge < -0.3 is 9.47 Å². The number of nitriles is 1. The van der Waals surface area contributed by atoms with Gasteiger partial charge in [0.2, 0.25) is 0 Å². The minimum atomic E-state index is -0.0993. The Morgan fingerprint density at radius 2 is 2.12 bits per heavy atom. The van der Waals surface area contributed by atoms with Crippen molar-refractivity contribution >= 4 is 29.1 Å². The SMILES string of the molecule is CC(=O)c1cc(C#N)c(SCc2cc(Cl)c3c(c2)OCCCO3)nc1C. The second kappa shape index (κ2) is 7.98. The molecule has 0 radical (unpaired) electrons. The van der Waals surface area contributed by atoms with E-state index in [9.17, 15) is 10.1 Å². The van der Waals surface area contributed by atoms with E-state index in [1.807, 2.05) is 12.1 Å². The molecule has 1 aliphatic heterocycles. The van der Waals surface area contributed by atoms with Crippen LogP contribution in [-0.4, -0.2) is 24.0 Å². The van der Waals surface area contributed by atoms with Gasteiger partial charge >= 0.3 is 0 Å². The number of fused-ring (bicyclic) bond motifs is 1. The van der Waals surface area contributed by atoms with Crippen molar-refractivity contribution in [1.29, 1.82) is 5.26 Å². The summed E-state index contributed by atoms with van der Waals surface area (Å²) in [6, 6.07) is 7.47. The van der Waals surface area contributed by atoms with Crippen LogP contribution in [0.5, 0.6) is 11.5 Å². The van der Waals surface area contributed by atoms with Gasteiger partial charge in [-0.25, -0.2) is 4.98 Å². The first kappa shape index (κ1) is 18.6. The molecule has 0 unspecified atom stereocenters. The average Bonchev–Trinajstić information content (AvgIpc) is 2.85. The summed E-state index contributed by atoms with van der Waals surface area (Å²) in [6.07, 6.45) is 0.812. The third-order valence-corrected chi connectivity index (χ3v) is 5.26. The first-order valence-corrected chi connectivity index (χ1v) is 9.49. The van der Waals surface area contributed by atoms with Crippen molar-refractivity contribution in [2.45, 2.75) is 31.0 Å². The quantitative estimate of drug-likeness (QED) is 0.564. The van der Waals surface area contributed by atoms with Gasteiger partial charge in [-0.1, -0.05) is 11.6 Å². The van der Waals surface area contributed by atoms with Crippen molar-refractivity contribution in [3.8, 4) is 17.6 Å². The number of halogens is 1. The zero-order valence-corrected chi connectivity index (χ0v) is 16.0. The Labute approximate surface area is 161 Å². The van der Waals surface area contributed by atoms with E-state index in [4.69, 9.17) is 21.1 Å². The molecule has 1 aromatic carbocycles. The van der Waals surface area contributed by atoms with E-state index in [0.717, 1.165) is 12.0 Å². The van der Waals surface area contributed by atoms with Gasteiger partial charge in [-0.15, -0.1) is 11.8 Å². The molecule has 134 valence electrons. The smallest absolute Gasteiger partial charge is 0.179 e. The lowest BCUT2D eigenvalue weighted by Gasteiger charge is -2.12. The molecule has 1 aromatic heterocycles. The predicted octanol–water partition coefficient (Wildman–Crippen LogP) is 4.57. The summed E-state index contributed by atoms with van der Waals surface area (Å²) in [7, 11) is 0. The van der Waals surface area contributed by atoms with Crippen molar-refractivity contribution in [3.05, 3.63) is 45.6 Å². The van der Waals surface area contributed by atoms with Gasteiger partial charge in [0.15, 0.2) is 17.3 Å². The Bertz CT molecular complexity index is 909. The largest absolute Gasteiger partial charge is 0.489 e. The molecule has 5 nitrogen and oxygen atoms in total. The lowest BCUT2D eigenvalue weighted by molar-refractivity contribution is 0.101. The standard InChI is InChI=1S/C19H17ClN2O3S/c1-11-15(12(2)23)8-14(9-21)19(22-11)26-10-13-6-16(20)18-17(7-13)24-4-3-5-25-18/h6-8H,3-5,10H2,1-2H3. The highest BCUT2D eigenvalue weighted by atomic mass is 35.5. The van der Waals surface area contributed by atoms with Gasteiger partial charge in [0, 0.05) is 23.4 Å². The van der Waals surface area contributed by atoms with Crippen molar-refractivity contribution in [3.63, 3.8) is 0 Å². The number of thioether (sulfide) groups is 1. The van der Waals surface area contributed by atoms with E-state index in [-0.39, 0.29) is 5.78 Å². The molecule has 2 heterocycles. The maximum Gasteiger partial charge on any atom is 0.179 e. The summed E-state index contributed by atoms with van der Waals surface area (Å²) in [6.45, 7) is 4.41. The Morgan fingerprint density at radius 3 is 2.85 bits per heavy atom. The summed E-state index contributed by atoms with van der Waals surface area (Å²) >= 11 is 7.75. The number of carbonyl (C=O) groups excluding carboxylic acids is 1. The molecule has 7 heteroatoms. The van der Waals surface area contributed by atoms with Crippen LogP contribution in [0, 0.1) is 18.3 Å². The van der Waals surface area contributed by atoms with Crippen LogP contribution in [0.25, 0.3) is 0 Å². The van der Waals surface area contributed by atoms with E-state index in [1.54, 1.807) is 13.0 Å². The number of hydrogen-bond donors (Lipinski definition) is 0. The first-order chi connectivity index (χ1) is 12.5. The van der Waals surface area contributed by atoms with Crippen LogP contribution in [0.4, 0.5) is 0 Å². The maximum absolute atomic E-state index is 11.6. The minimum absolute atomic E-state index is 0.0993. The van der Waals surface area contributed by atoms with Gasteiger partial charge in [0.1, 0.15) is 11.1 Å². The van der Waals surface area contributed by atoms with E-state index in [2.05, 4.69) is 11.1 Å². The molecule has 0 aliphatic carbocycles. The number of ether oxygens (including phenoxy) is 2. The van der Waals surface area contributed by atoms with Crippen LogP contribution in [0.15, 0.2) is 23.2 Å². The van der Waals surface area contributed by atoms with Crippen LogP contribution in [0.2, 0.25) is 5.02 Å². The summed E-state index contributed by atoms with van der Waals surface area (Å²) in [4.78, 5) is 16.1. The molecule has 2 aromatic rings. The molecule has 0 spiro atoms. The van der Waals surface area contributed by atoms with Crippen molar-refractivity contribution < 1.29 is 14.3 Å². The highest BCUT2D eigenvalue weighted by Crippen LogP contribution is 2.39. The normalized spacial score (nSPS) is 13.0. The van der Waals surface area contributed by atoms with E-state index in [1.165, 1.54) is 18.7 Å². The Balaban J connectivity index is 1.84. The third kappa shape index (κ3) is 3.95. The van der Waals surface area contributed by atoms with Crippen molar-refractivity contribution in [2.75, 3.05) is 13.2 Å². The first-order valence-electron chi connectivity index (χ1n) is 8.13. The van der Waals surface area contributed by atoms with E-state index >= 15 is 0 Å². The molecule has 3 rings (SSSR count). The third-order valence-electron chi connectivity index (χ3n) is 3.92. The minimum Gasteiger partial charge on any atom is -0.489 e. The molecular formula is C19H17ClN2O3S. The van der Waals surface area contributed by atoms with Crippen LogP contribution in [0.3, 0.4) is 0 Å². The van der Waals surface area contributed by atoms with E-state index in [0.29, 0.717) is 57.3 Å². The molecule has 0 saturated carbocycles. The van der Waals surface area contributed by atoms with Crippen molar-refractivity contribution in [2.24, 2.45) is 0 Å².